The molecule has 3 aliphatic rings. The van der Waals surface area contributed by atoms with Crippen LogP contribution < -0.4 is 20.9 Å². The van der Waals surface area contributed by atoms with Gasteiger partial charge in [0.15, 0.2) is 5.54 Å². The number of para-hydroxylation sites is 2. The van der Waals surface area contributed by atoms with Crippen LogP contribution in [0.1, 0.15) is 43.7 Å². The number of likely N-dealkylation sites (tertiary alicyclic amines) is 1. The van der Waals surface area contributed by atoms with E-state index in [2.05, 4.69) is 27.0 Å². The summed E-state index contributed by atoms with van der Waals surface area (Å²) in [7, 11) is 3.75. The Morgan fingerprint density at radius 2 is 1.85 bits per heavy atom. The standard InChI is InChI=1S/C30H35N5O3.C2H7N/c1-29(12-6-14-32-29)28(38)33-25(16-22-18-31-24-10-4-3-9-23(22)24)27(37)34-15-7-13-30(19-34)17-21-8-2-5-11-26(21)35(30)20-36;1-3-2/h2-5,8-11,18,20,25,31-32H,6-7,12-17,19H2,1H3,(H,33,38);3H,1-2H3/p+1/t25-,29?,30?;/m1./s1. The van der Waals surface area contributed by atoms with Gasteiger partial charge in [-0.05, 0) is 63.5 Å². The molecule has 0 bridgehead atoms. The highest BCUT2D eigenvalue weighted by Crippen LogP contribution is 2.42. The number of H-pyrrole nitrogens is 1. The Labute approximate surface area is 242 Å². The van der Waals surface area contributed by atoms with Crippen molar-refractivity contribution in [3.8, 4) is 0 Å². The van der Waals surface area contributed by atoms with E-state index >= 15 is 0 Å². The van der Waals surface area contributed by atoms with Gasteiger partial charge in [0.2, 0.25) is 12.3 Å². The van der Waals surface area contributed by atoms with Crippen molar-refractivity contribution in [1.29, 1.82) is 0 Å². The average molecular weight is 560 g/mol. The third kappa shape index (κ3) is 5.61. The highest BCUT2D eigenvalue weighted by atomic mass is 16.2. The maximum absolute atomic E-state index is 14.2. The van der Waals surface area contributed by atoms with E-state index in [1.165, 1.54) is 0 Å². The van der Waals surface area contributed by atoms with E-state index in [9.17, 15) is 14.4 Å². The minimum Gasteiger partial charge on any atom is -0.361 e. The number of nitrogens with one attached hydrogen (secondary N) is 3. The number of benzene rings is 2. The Morgan fingerprint density at radius 1 is 1.10 bits per heavy atom. The number of hydrogen-bond donors (Lipinski definition) is 4. The van der Waals surface area contributed by atoms with E-state index in [1.807, 2.05) is 79.5 Å². The second-order valence-corrected chi connectivity index (χ2v) is 12.0. The highest BCUT2D eigenvalue weighted by molar-refractivity contribution is 5.92. The van der Waals surface area contributed by atoms with Crippen LogP contribution in [0.25, 0.3) is 10.9 Å². The molecule has 2 unspecified atom stereocenters. The van der Waals surface area contributed by atoms with Crippen LogP contribution in [0.2, 0.25) is 0 Å². The van der Waals surface area contributed by atoms with Crippen LogP contribution in [-0.4, -0.2) is 79.0 Å². The van der Waals surface area contributed by atoms with Crippen molar-refractivity contribution < 1.29 is 19.7 Å². The van der Waals surface area contributed by atoms with E-state index in [0.29, 0.717) is 19.5 Å². The van der Waals surface area contributed by atoms with Crippen molar-refractivity contribution in [2.24, 2.45) is 0 Å². The number of nitrogens with zero attached hydrogens (tertiary/aromatic N) is 2. The molecule has 3 aromatic rings. The Hall–Kier alpha value is -3.69. The number of aromatic nitrogens is 1. The van der Waals surface area contributed by atoms with Crippen molar-refractivity contribution in [3.63, 3.8) is 0 Å². The molecule has 6 rings (SSSR count). The van der Waals surface area contributed by atoms with Crippen molar-refractivity contribution in [3.05, 3.63) is 65.9 Å². The first-order valence-electron chi connectivity index (χ1n) is 14.7. The van der Waals surface area contributed by atoms with Crippen molar-refractivity contribution in [2.45, 2.75) is 62.6 Å². The molecule has 3 amide bonds. The van der Waals surface area contributed by atoms with Gasteiger partial charge in [0.25, 0.3) is 5.91 Å². The number of carbonyl (C=O) groups excluding carboxylic acids is 3. The number of fused-ring (bicyclic) bond motifs is 2. The molecule has 4 heterocycles. The van der Waals surface area contributed by atoms with Crippen LogP contribution in [0, 0.1) is 0 Å². The minimum absolute atomic E-state index is 0.0777. The zero-order valence-corrected chi connectivity index (χ0v) is 24.4. The molecule has 2 fully saturated rings. The zero-order valence-electron chi connectivity index (χ0n) is 24.4. The third-order valence-corrected chi connectivity index (χ3v) is 8.97. The lowest BCUT2D eigenvalue weighted by Gasteiger charge is -2.45. The normalized spacial score (nSPS) is 24.1. The number of piperidine rings is 1. The van der Waals surface area contributed by atoms with Crippen LogP contribution in [-0.2, 0) is 27.2 Å². The Balaban J connectivity index is 0.00000108. The first kappa shape index (κ1) is 28.8. The molecule has 218 valence electrons. The van der Waals surface area contributed by atoms with Crippen LogP contribution >= 0.6 is 0 Å². The smallest absolute Gasteiger partial charge is 0.281 e. The molecule has 1 spiro atoms. The quantitative estimate of drug-likeness (QED) is 0.345. The first-order valence-corrected chi connectivity index (χ1v) is 14.7. The largest absolute Gasteiger partial charge is 0.361 e. The first-order chi connectivity index (χ1) is 19.8. The van der Waals surface area contributed by atoms with Gasteiger partial charge in [-0.1, -0.05) is 36.4 Å². The summed E-state index contributed by atoms with van der Waals surface area (Å²) in [5, 5.41) is 9.06. The molecule has 0 saturated carbocycles. The van der Waals surface area contributed by atoms with Gasteiger partial charge in [-0.15, -0.1) is 0 Å². The maximum atomic E-state index is 14.2. The molecule has 3 aliphatic heterocycles. The fourth-order valence-corrected chi connectivity index (χ4v) is 6.86. The number of anilines is 1. The summed E-state index contributed by atoms with van der Waals surface area (Å²) in [6, 6.07) is 15.4. The number of hydrogen-bond acceptors (Lipinski definition) is 4. The molecule has 3 atom stereocenters. The summed E-state index contributed by atoms with van der Waals surface area (Å²) in [5.74, 6) is -0.159. The molecule has 5 N–H and O–H groups in total. The topological polar surface area (TPSA) is 114 Å². The summed E-state index contributed by atoms with van der Waals surface area (Å²) in [6.45, 7) is 3.97. The van der Waals surface area contributed by atoms with Gasteiger partial charge in [0, 0.05) is 55.1 Å². The predicted molar refractivity (Wildman–Crippen MR) is 161 cm³/mol. The molecule has 1 aromatic heterocycles. The van der Waals surface area contributed by atoms with Crippen molar-refractivity contribution in [2.75, 3.05) is 38.6 Å². The maximum Gasteiger partial charge on any atom is 0.281 e. The van der Waals surface area contributed by atoms with E-state index in [1.54, 1.807) is 0 Å². The number of carbonyl (C=O) groups is 3. The summed E-state index contributed by atoms with van der Waals surface area (Å²) in [5.41, 5.74) is 3.10. The molecule has 9 nitrogen and oxygen atoms in total. The van der Waals surface area contributed by atoms with E-state index in [0.717, 1.165) is 72.8 Å². The van der Waals surface area contributed by atoms with Gasteiger partial charge in [0.1, 0.15) is 6.04 Å². The van der Waals surface area contributed by atoms with Gasteiger partial charge in [-0.3, -0.25) is 14.4 Å². The Kier molecular flexibility index (Phi) is 8.47. The second kappa shape index (κ2) is 12.0. The van der Waals surface area contributed by atoms with Crippen molar-refractivity contribution in [1.82, 2.24) is 20.5 Å². The molecular weight excluding hydrogens is 516 g/mol. The number of quaternary nitrogens is 1. The number of aromatic amines is 1. The number of amides is 3. The van der Waals surface area contributed by atoms with Gasteiger partial charge >= 0.3 is 0 Å². The highest BCUT2D eigenvalue weighted by Gasteiger charge is 2.48. The summed E-state index contributed by atoms with van der Waals surface area (Å²) >= 11 is 0. The summed E-state index contributed by atoms with van der Waals surface area (Å²) in [6.07, 6.45) is 7.44. The SMILES string of the molecule is CC1(C(=O)N[C@H](Cc2c[nH]c3ccccc23)C(=O)N2CCCC3(Cc4ccccc4N3C=O)C2)CCC[NH2+]1.CNC. The van der Waals surface area contributed by atoms with Crippen LogP contribution in [0.3, 0.4) is 0 Å². The number of rotatable bonds is 6. The summed E-state index contributed by atoms with van der Waals surface area (Å²) < 4.78 is 0. The average Bonchev–Trinajstić information content (AvgIpc) is 3.68. The molecule has 0 aliphatic carbocycles. The van der Waals surface area contributed by atoms with Crippen molar-refractivity contribution >= 4 is 34.8 Å². The van der Waals surface area contributed by atoms with E-state index in [-0.39, 0.29) is 11.8 Å². The predicted octanol–water partition coefficient (Wildman–Crippen LogP) is 1.73. The lowest BCUT2D eigenvalue weighted by molar-refractivity contribution is -0.689. The van der Waals surface area contributed by atoms with E-state index in [4.69, 9.17) is 0 Å². The van der Waals surface area contributed by atoms with Crippen LogP contribution in [0.4, 0.5) is 5.69 Å². The fourth-order valence-electron chi connectivity index (χ4n) is 6.86. The summed E-state index contributed by atoms with van der Waals surface area (Å²) in [4.78, 5) is 47.0. The lowest BCUT2D eigenvalue weighted by Crippen LogP contribution is -2.96. The molecule has 9 heteroatoms. The second-order valence-electron chi connectivity index (χ2n) is 12.0. The molecule has 2 saturated heterocycles. The Morgan fingerprint density at radius 3 is 2.61 bits per heavy atom. The van der Waals surface area contributed by atoms with Gasteiger partial charge < -0.3 is 30.7 Å². The van der Waals surface area contributed by atoms with E-state index < -0.39 is 17.1 Å². The van der Waals surface area contributed by atoms with Crippen LogP contribution in [0.5, 0.6) is 0 Å². The molecule has 2 aromatic carbocycles. The van der Waals surface area contributed by atoms with Crippen LogP contribution in [0.15, 0.2) is 54.7 Å². The Bertz CT molecular complexity index is 1400. The monoisotopic (exact) mass is 559 g/mol. The molecule has 0 radical (unpaired) electrons. The third-order valence-electron chi connectivity index (χ3n) is 8.97. The lowest BCUT2D eigenvalue weighted by atomic mass is 9.85. The van der Waals surface area contributed by atoms with Gasteiger partial charge in [-0.2, -0.15) is 0 Å². The van der Waals surface area contributed by atoms with Gasteiger partial charge in [0.05, 0.1) is 12.1 Å². The molecule has 41 heavy (non-hydrogen) atoms. The zero-order chi connectivity index (χ0) is 29.0. The van der Waals surface area contributed by atoms with Gasteiger partial charge in [-0.25, -0.2) is 0 Å². The molecular formula is C32H43N6O3+. The number of nitrogens with two attached hydrogens (primary N) is 1. The fraction of sp³-hybridized carbons (Fsp3) is 0.469. The minimum atomic E-state index is -0.684.